The van der Waals surface area contributed by atoms with Gasteiger partial charge in [-0.1, -0.05) is 12.1 Å². The van der Waals surface area contributed by atoms with Gasteiger partial charge in [0.25, 0.3) is 5.91 Å². The van der Waals surface area contributed by atoms with E-state index in [9.17, 15) is 9.59 Å². The largest absolute Gasteiger partial charge is 0.382 e. The molecular weight excluding hydrogens is 296 g/mol. The molecule has 1 atom stereocenters. The van der Waals surface area contributed by atoms with Gasteiger partial charge in [-0.25, -0.2) is 4.79 Å². The first-order valence-corrected chi connectivity index (χ1v) is 8.73. The van der Waals surface area contributed by atoms with E-state index in [0.717, 1.165) is 50.9 Å². The summed E-state index contributed by atoms with van der Waals surface area (Å²) < 4.78 is 0. The Hall–Kier alpha value is -1.79. The van der Waals surface area contributed by atoms with Crippen molar-refractivity contribution in [3.8, 4) is 0 Å². The number of nitrogens with one attached hydrogen (secondary N) is 1. The minimum absolute atomic E-state index is 0.0819. The first-order valence-electron chi connectivity index (χ1n) is 8.73. The molecule has 0 saturated carbocycles. The zero-order chi connectivity index (χ0) is 16.2. The van der Waals surface area contributed by atoms with Gasteiger partial charge in [-0.15, -0.1) is 0 Å². The number of oxime groups is 1. The fourth-order valence-corrected chi connectivity index (χ4v) is 3.39. The first-order chi connectivity index (χ1) is 11.2. The van der Waals surface area contributed by atoms with E-state index < -0.39 is 6.10 Å². The van der Waals surface area contributed by atoms with Crippen LogP contribution in [0.2, 0.25) is 0 Å². The third-order valence-corrected chi connectivity index (χ3v) is 4.92. The number of nitrogens with zero attached hydrogens (tertiary/aromatic N) is 3. The van der Waals surface area contributed by atoms with E-state index >= 15 is 0 Å². The van der Waals surface area contributed by atoms with Crippen molar-refractivity contribution >= 4 is 17.6 Å². The second-order valence-electron chi connectivity index (χ2n) is 6.56. The molecule has 3 rings (SSSR count). The molecule has 23 heavy (non-hydrogen) atoms. The Kier molecular flexibility index (Phi) is 5.03. The lowest BCUT2D eigenvalue weighted by atomic mass is 10.0. The molecule has 3 heterocycles. The molecule has 0 unspecified atom stereocenters. The third kappa shape index (κ3) is 3.76. The van der Waals surface area contributed by atoms with E-state index in [1.165, 1.54) is 0 Å². The Bertz CT molecular complexity index is 480. The molecule has 0 aromatic carbocycles. The highest BCUT2D eigenvalue weighted by atomic mass is 16.6. The average molecular weight is 322 g/mol. The molecule has 0 aromatic rings. The molecule has 2 fully saturated rings. The monoisotopic (exact) mass is 322 g/mol. The summed E-state index contributed by atoms with van der Waals surface area (Å²) in [6, 6.07) is 0.284. The van der Waals surface area contributed by atoms with Crippen LogP contribution in [0.4, 0.5) is 4.79 Å². The number of hydrogen-bond acceptors (Lipinski definition) is 4. The molecule has 0 aromatic heterocycles. The van der Waals surface area contributed by atoms with Gasteiger partial charge in [0, 0.05) is 38.6 Å². The number of carbonyl (C=O) groups is 2. The van der Waals surface area contributed by atoms with Crippen LogP contribution in [-0.4, -0.2) is 65.8 Å². The standard InChI is InChI=1S/C16H26N4O3/c1-2-12-11-14(23-18-12)15(21)17-13-5-9-20(10-6-13)16(22)19-7-3-4-8-19/h13-14H,2-11H2,1H3,(H,17,21)/t14-/m1/s1. The van der Waals surface area contributed by atoms with Crippen LogP contribution in [0.1, 0.15) is 45.4 Å². The van der Waals surface area contributed by atoms with Crippen molar-refractivity contribution in [1.82, 2.24) is 15.1 Å². The maximum Gasteiger partial charge on any atom is 0.319 e. The number of urea groups is 1. The summed E-state index contributed by atoms with van der Waals surface area (Å²) in [4.78, 5) is 33.6. The molecule has 7 heteroatoms. The number of piperidine rings is 1. The summed E-state index contributed by atoms with van der Waals surface area (Å²) in [5.41, 5.74) is 0.941. The second-order valence-corrected chi connectivity index (χ2v) is 6.56. The first kappa shape index (κ1) is 16.1. The SMILES string of the molecule is CCC1=NO[C@@H](C(=O)NC2CCN(C(=O)N3CCCC3)CC2)C1. The van der Waals surface area contributed by atoms with Crippen LogP contribution in [0.25, 0.3) is 0 Å². The molecule has 1 N–H and O–H groups in total. The number of carbonyl (C=O) groups excluding carboxylic acids is 2. The van der Waals surface area contributed by atoms with Crippen molar-refractivity contribution in [2.75, 3.05) is 26.2 Å². The Morgan fingerprint density at radius 1 is 1.17 bits per heavy atom. The molecule has 128 valence electrons. The Morgan fingerprint density at radius 2 is 1.83 bits per heavy atom. The average Bonchev–Trinajstić information content (AvgIpc) is 3.26. The fourth-order valence-electron chi connectivity index (χ4n) is 3.39. The van der Waals surface area contributed by atoms with E-state index in [1.54, 1.807) is 0 Å². The van der Waals surface area contributed by atoms with Crippen LogP contribution in [0, 0.1) is 0 Å². The predicted molar refractivity (Wildman–Crippen MR) is 86.2 cm³/mol. The predicted octanol–water partition coefficient (Wildman–Crippen LogP) is 1.34. The molecule has 0 bridgehead atoms. The molecular formula is C16H26N4O3. The maximum absolute atomic E-state index is 12.3. The summed E-state index contributed by atoms with van der Waals surface area (Å²) in [5.74, 6) is -0.0819. The fraction of sp³-hybridized carbons (Fsp3) is 0.812. The van der Waals surface area contributed by atoms with Crippen LogP contribution < -0.4 is 5.32 Å². The molecule has 3 aliphatic rings. The Morgan fingerprint density at radius 3 is 2.43 bits per heavy atom. The van der Waals surface area contributed by atoms with Crippen molar-refractivity contribution in [3.05, 3.63) is 0 Å². The van der Waals surface area contributed by atoms with Gasteiger partial charge >= 0.3 is 6.03 Å². The number of amides is 3. The molecule has 0 spiro atoms. The molecule has 7 nitrogen and oxygen atoms in total. The van der Waals surface area contributed by atoms with Crippen molar-refractivity contribution in [2.24, 2.45) is 5.16 Å². The highest BCUT2D eigenvalue weighted by Gasteiger charge is 2.32. The summed E-state index contributed by atoms with van der Waals surface area (Å²) in [6.45, 7) is 5.20. The Balaban J connectivity index is 1.41. The second kappa shape index (κ2) is 7.19. The molecule has 3 amide bonds. The zero-order valence-corrected chi connectivity index (χ0v) is 13.8. The van der Waals surface area contributed by atoms with Gasteiger partial charge in [-0.3, -0.25) is 4.79 Å². The normalized spacial score (nSPS) is 25.3. The lowest BCUT2D eigenvalue weighted by Crippen LogP contribution is -2.51. The van der Waals surface area contributed by atoms with Crippen LogP contribution >= 0.6 is 0 Å². The van der Waals surface area contributed by atoms with Crippen LogP contribution in [0.15, 0.2) is 5.16 Å². The van der Waals surface area contributed by atoms with Crippen molar-refractivity contribution in [1.29, 1.82) is 0 Å². The molecule has 3 aliphatic heterocycles. The number of likely N-dealkylation sites (tertiary alicyclic amines) is 2. The maximum atomic E-state index is 12.3. The van der Waals surface area contributed by atoms with Gasteiger partial charge in [0.1, 0.15) is 0 Å². The number of hydrogen-bond donors (Lipinski definition) is 1. The summed E-state index contributed by atoms with van der Waals surface area (Å²) in [7, 11) is 0. The smallest absolute Gasteiger partial charge is 0.319 e. The lowest BCUT2D eigenvalue weighted by Gasteiger charge is -2.35. The van der Waals surface area contributed by atoms with Gasteiger partial charge in [-0.2, -0.15) is 0 Å². The van der Waals surface area contributed by atoms with Crippen molar-refractivity contribution < 1.29 is 14.4 Å². The van der Waals surface area contributed by atoms with Gasteiger partial charge in [0.05, 0.1) is 5.71 Å². The van der Waals surface area contributed by atoms with Crippen LogP contribution in [-0.2, 0) is 9.63 Å². The topological polar surface area (TPSA) is 74.2 Å². The quantitative estimate of drug-likeness (QED) is 0.852. The van der Waals surface area contributed by atoms with Gasteiger partial charge in [0.15, 0.2) is 0 Å². The molecule has 2 saturated heterocycles. The van der Waals surface area contributed by atoms with Crippen molar-refractivity contribution in [3.63, 3.8) is 0 Å². The minimum Gasteiger partial charge on any atom is -0.382 e. The van der Waals surface area contributed by atoms with Gasteiger partial charge in [-0.05, 0) is 32.1 Å². The highest BCUT2D eigenvalue weighted by molar-refractivity contribution is 5.92. The molecule has 0 radical (unpaired) electrons. The third-order valence-electron chi connectivity index (χ3n) is 4.92. The highest BCUT2D eigenvalue weighted by Crippen LogP contribution is 2.17. The van der Waals surface area contributed by atoms with Crippen LogP contribution in [0.5, 0.6) is 0 Å². The minimum atomic E-state index is -0.478. The molecule has 0 aliphatic carbocycles. The number of rotatable bonds is 3. The van der Waals surface area contributed by atoms with E-state index in [-0.39, 0.29) is 18.0 Å². The lowest BCUT2D eigenvalue weighted by molar-refractivity contribution is -0.132. The Labute approximate surface area is 137 Å². The summed E-state index contributed by atoms with van der Waals surface area (Å²) in [6.07, 6.45) is 4.77. The van der Waals surface area contributed by atoms with E-state index in [1.807, 2.05) is 16.7 Å². The van der Waals surface area contributed by atoms with E-state index in [0.29, 0.717) is 19.5 Å². The van der Waals surface area contributed by atoms with E-state index in [4.69, 9.17) is 4.84 Å². The van der Waals surface area contributed by atoms with Gasteiger partial charge in [0.2, 0.25) is 6.10 Å². The van der Waals surface area contributed by atoms with Crippen molar-refractivity contribution in [2.45, 2.75) is 57.6 Å². The van der Waals surface area contributed by atoms with E-state index in [2.05, 4.69) is 10.5 Å². The van der Waals surface area contributed by atoms with Crippen LogP contribution in [0.3, 0.4) is 0 Å². The summed E-state index contributed by atoms with van der Waals surface area (Å²) >= 11 is 0. The zero-order valence-electron chi connectivity index (χ0n) is 13.8. The summed E-state index contributed by atoms with van der Waals surface area (Å²) in [5, 5.41) is 6.97. The van der Waals surface area contributed by atoms with Gasteiger partial charge < -0.3 is 20.0 Å².